The molecule has 2 heterocycles. The Labute approximate surface area is 210 Å². The van der Waals surface area contributed by atoms with Crippen LogP contribution in [-0.4, -0.2) is 82.5 Å². The number of rotatable bonds is 4. The molecule has 4 aliphatic rings. The van der Waals surface area contributed by atoms with Gasteiger partial charge in [0.15, 0.2) is 5.96 Å². The molecular formula is C24H40F3N5O2S. The van der Waals surface area contributed by atoms with E-state index >= 15 is 0 Å². The zero-order chi connectivity index (χ0) is 25.0. The van der Waals surface area contributed by atoms with Crippen molar-refractivity contribution in [3.8, 4) is 0 Å². The number of likely N-dealkylation sites (tertiary alicyclic amines) is 1. The summed E-state index contributed by atoms with van der Waals surface area (Å²) in [5, 5.41) is 18.7. The average Bonchev–Trinajstić information content (AvgIpc) is 3.26. The fourth-order valence-corrected chi connectivity index (χ4v) is 6.95. The van der Waals surface area contributed by atoms with Crippen molar-refractivity contribution in [1.29, 1.82) is 0 Å². The number of guanidine groups is 1. The lowest BCUT2D eigenvalue weighted by Crippen LogP contribution is -2.52. The summed E-state index contributed by atoms with van der Waals surface area (Å²) < 4.78 is 40.0. The van der Waals surface area contributed by atoms with E-state index in [2.05, 4.69) is 20.9 Å². The quantitative estimate of drug-likeness (QED) is 0.337. The Morgan fingerprint density at radius 1 is 1.09 bits per heavy atom. The second-order valence-corrected chi connectivity index (χ2v) is 11.9. The molecule has 2 aliphatic carbocycles. The molecule has 2 aliphatic heterocycles. The van der Waals surface area contributed by atoms with Crippen LogP contribution in [0.15, 0.2) is 4.99 Å². The van der Waals surface area contributed by atoms with Gasteiger partial charge in [-0.1, -0.05) is 6.42 Å². The van der Waals surface area contributed by atoms with Gasteiger partial charge in [0.1, 0.15) is 5.37 Å². The van der Waals surface area contributed by atoms with E-state index in [1.807, 2.05) is 6.92 Å². The van der Waals surface area contributed by atoms with E-state index in [1.54, 1.807) is 0 Å². The highest BCUT2D eigenvalue weighted by molar-refractivity contribution is 8.00. The molecule has 11 heteroatoms. The smallest absolute Gasteiger partial charge is 0.391 e. The van der Waals surface area contributed by atoms with Gasteiger partial charge >= 0.3 is 6.18 Å². The number of carbonyl (C=O) groups is 1. The van der Waals surface area contributed by atoms with Crippen LogP contribution in [0.3, 0.4) is 0 Å². The monoisotopic (exact) mass is 519 g/mol. The van der Waals surface area contributed by atoms with Crippen molar-refractivity contribution in [3.05, 3.63) is 0 Å². The molecule has 4 rings (SSSR count). The van der Waals surface area contributed by atoms with E-state index in [9.17, 15) is 23.1 Å². The van der Waals surface area contributed by atoms with Crippen LogP contribution in [0.2, 0.25) is 0 Å². The van der Waals surface area contributed by atoms with Crippen LogP contribution in [0.4, 0.5) is 13.2 Å². The zero-order valence-corrected chi connectivity index (χ0v) is 21.3. The lowest BCUT2D eigenvalue weighted by atomic mass is 9.85. The van der Waals surface area contributed by atoms with Gasteiger partial charge in [0.25, 0.3) is 5.91 Å². The van der Waals surface area contributed by atoms with E-state index in [0.29, 0.717) is 24.8 Å². The predicted octanol–water partition coefficient (Wildman–Crippen LogP) is 2.99. The van der Waals surface area contributed by atoms with Crippen LogP contribution < -0.4 is 16.0 Å². The number of aliphatic imine (C=N–C) groups is 1. The number of hydrogen-bond donors (Lipinski definition) is 4. The molecule has 2 saturated carbocycles. The number of thioether (sulfide) groups is 1. The summed E-state index contributed by atoms with van der Waals surface area (Å²) in [6.45, 7) is 3.87. The number of aliphatic hydroxyl groups excluding tert-OH is 1. The largest absolute Gasteiger partial charge is 0.393 e. The highest BCUT2D eigenvalue weighted by Gasteiger charge is 2.42. The summed E-state index contributed by atoms with van der Waals surface area (Å²) in [6, 6.07) is 0.413. The number of hydrogen-bond acceptors (Lipinski definition) is 6. The van der Waals surface area contributed by atoms with E-state index in [-0.39, 0.29) is 48.4 Å². The first-order valence-corrected chi connectivity index (χ1v) is 14.2. The number of nitrogens with zero attached hydrogens (tertiary/aromatic N) is 2. The number of carbonyl (C=O) groups excluding carboxylic acids is 1. The first-order chi connectivity index (χ1) is 16.7. The van der Waals surface area contributed by atoms with Gasteiger partial charge in [-0.3, -0.25) is 15.4 Å². The average molecular weight is 520 g/mol. The summed E-state index contributed by atoms with van der Waals surface area (Å²) >= 11 is 1.53. The lowest BCUT2D eigenvalue weighted by Gasteiger charge is -2.39. The first-order valence-electron chi connectivity index (χ1n) is 13.2. The predicted molar refractivity (Wildman–Crippen MR) is 132 cm³/mol. The molecule has 0 aromatic carbocycles. The third-order valence-corrected chi connectivity index (χ3v) is 9.28. The maximum atomic E-state index is 13.3. The normalized spacial score (nSPS) is 36.2. The Kier molecular flexibility index (Phi) is 9.26. The van der Waals surface area contributed by atoms with Crippen molar-refractivity contribution in [3.63, 3.8) is 0 Å². The minimum atomic E-state index is -4.19. The SMILES string of the molecule is CC1CSC(C(=O)NC(=NC2CCC(N3CCC(O)CC3)CC2)NC2CCCC(C(F)(F)F)C2)N1. The molecule has 4 unspecified atom stereocenters. The fraction of sp³-hybridized carbons (Fsp3) is 0.917. The van der Waals surface area contributed by atoms with E-state index < -0.39 is 12.1 Å². The highest BCUT2D eigenvalue weighted by Crippen LogP contribution is 2.37. The number of aliphatic hydroxyl groups is 1. The molecule has 4 atom stereocenters. The second kappa shape index (κ2) is 12.0. The molecule has 0 aromatic rings. The summed E-state index contributed by atoms with van der Waals surface area (Å²) in [5.74, 6) is -0.341. The fourth-order valence-electron chi connectivity index (χ4n) is 5.83. The molecule has 200 valence electrons. The third kappa shape index (κ3) is 7.72. The molecule has 0 spiro atoms. The van der Waals surface area contributed by atoms with Crippen LogP contribution in [-0.2, 0) is 4.79 Å². The van der Waals surface area contributed by atoms with Gasteiger partial charge in [0, 0.05) is 37.0 Å². The molecule has 4 fully saturated rings. The van der Waals surface area contributed by atoms with Crippen molar-refractivity contribution < 1.29 is 23.1 Å². The van der Waals surface area contributed by atoms with Crippen molar-refractivity contribution in [1.82, 2.24) is 20.9 Å². The van der Waals surface area contributed by atoms with Gasteiger partial charge in [-0.15, -0.1) is 11.8 Å². The Morgan fingerprint density at radius 2 is 1.80 bits per heavy atom. The first kappa shape index (κ1) is 27.0. The van der Waals surface area contributed by atoms with Gasteiger partial charge in [0.2, 0.25) is 0 Å². The van der Waals surface area contributed by atoms with Crippen molar-refractivity contribution in [2.75, 3.05) is 18.8 Å². The third-order valence-electron chi connectivity index (χ3n) is 7.90. The Hall–Kier alpha value is -1.04. The van der Waals surface area contributed by atoms with Gasteiger partial charge < -0.3 is 15.3 Å². The molecule has 1 amide bonds. The molecule has 35 heavy (non-hydrogen) atoms. The molecule has 0 radical (unpaired) electrons. The number of amides is 1. The Bertz CT molecular complexity index is 739. The highest BCUT2D eigenvalue weighted by atomic mass is 32.2. The molecular weight excluding hydrogens is 479 g/mol. The van der Waals surface area contributed by atoms with Gasteiger partial charge in [0.05, 0.1) is 18.1 Å². The minimum absolute atomic E-state index is 0.0133. The lowest BCUT2D eigenvalue weighted by molar-refractivity contribution is -0.183. The summed E-state index contributed by atoms with van der Waals surface area (Å²) in [6.07, 6.45) is 2.37. The van der Waals surface area contributed by atoms with Gasteiger partial charge in [-0.05, 0) is 64.7 Å². The summed E-state index contributed by atoms with van der Waals surface area (Å²) in [5.41, 5.74) is 0. The second-order valence-electron chi connectivity index (χ2n) is 10.7. The maximum absolute atomic E-state index is 13.3. The Balaban J connectivity index is 1.37. The van der Waals surface area contributed by atoms with Crippen LogP contribution in [0, 0.1) is 5.92 Å². The topological polar surface area (TPSA) is 89.0 Å². The van der Waals surface area contributed by atoms with Crippen LogP contribution in [0.25, 0.3) is 0 Å². The van der Waals surface area contributed by atoms with Gasteiger partial charge in [-0.25, -0.2) is 4.99 Å². The van der Waals surface area contributed by atoms with E-state index in [0.717, 1.165) is 57.4 Å². The maximum Gasteiger partial charge on any atom is 0.391 e. The number of piperidine rings is 1. The number of halogens is 3. The van der Waals surface area contributed by atoms with Crippen molar-refractivity contribution >= 4 is 23.6 Å². The van der Waals surface area contributed by atoms with Crippen molar-refractivity contribution in [2.45, 2.75) is 113 Å². The Morgan fingerprint density at radius 3 is 2.43 bits per heavy atom. The summed E-state index contributed by atoms with van der Waals surface area (Å²) in [7, 11) is 0. The zero-order valence-electron chi connectivity index (χ0n) is 20.5. The van der Waals surface area contributed by atoms with Gasteiger partial charge in [-0.2, -0.15) is 13.2 Å². The molecule has 0 aromatic heterocycles. The standard InChI is InChI=1S/C24H40F3N5O2S/c1-15-14-35-22(28-15)21(34)31-23(30-18-4-2-3-16(13-18)24(25,26)27)29-17-5-7-19(8-6-17)32-11-9-20(33)10-12-32/h15-20,22,28,33H,2-14H2,1H3,(H2,29,30,31,34). The molecule has 7 nitrogen and oxygen atoms in total. The van der Waals surface area contributed by atoms with E-state index in [1.165, 1.54) is 11.8 Å². The van der Waals surface area contributed by atoms with Crippen LogP contribution in [0.5, 0.6) is 0 Å². The molecule has 4 N–H and O–H groups in total. The molecule has 2 saturated heterocycles. The number of alkyl halides is 3. The minimum Gasteiger partial charge on any atom is -0.393 e. The molecule has 0 bridgehead atoms. The van der Waals surface area contributed by atoms with Crippen LogP contribution in [0.1, 0.15) is 71.1 Å². The number of nitrogens with one attached hydrogen (secondary N) is 3. The van der Waals surface area contributed by atoms with Crippen molar-refractivity contribution in [2.24, 2.45) is 10.9 Å². The summed E-state index contributed by atoms with van der Waals surface area (Å²) in [4.78, 5) is 20.2. The van der Waals surface area contributed by atoms with Crippen LogP contribution >= 0.6 is 11.8 Å². The van der Waals surface area contributed by atoms with E-state index in [4.69, 9.17) is 4.99 Å².